The Balaban J connectivity index is 0.00000128. The third kappa shape index (κ3) is 3.52. The van der Waals surface area contributed by atoms with Gasteiger partial charge in [0, 0.05) is 29.4 Å². The van der Waals surface area contributed by atoms with E-state index in [0.29, 0.717) is 5.13 Å². The Bertz CT molecular complexity index is 319. The molecular weight excluding hydrogens is 262 g/mol. The van der Waals surface area contributed by atoms with Gasteiger partial charge in [-0.3, -0.25) is 4.90 Å². The quantitative estimate of drug-likeness (QED) is 0.919. The van der Waals surface area contributed by atoms with Crippen molar-refractivity contribution in [3.8, 4) is 0 Å². The van der Waals surface area contributed by atoms with E-state index in [1.807, 2.05) is 18.0 Å². The zero-order valence-corrected chi connectivity index (χ0v) is 11.8. The molecule has 3 nitrogen and oxygen atoms in total. The molecule has 1 aliphatic rings. The van der Waals surface area contributed by atoms with E-state index in [9.17, 15) is 0 Å². The molecule has 1 saturated heterocycles. The zero-order valence-electron chi connectivity index (χ0n) is 9.39. The lowest BCUT2D eigenvalue weighted by atomic mass is 10.2. The average molecular weight is 280 g/mol. The van der Waals surface area contributed by atoms with Gasteiger partial charge in [0.05, 0.1) is 0 Å². The van der Waals surface area contributed by atoms with Crippen LogP contribution in [0.2, 0.25) is 0 Å². The molecule has 0 saturated carbocycles. The summed E-state index contributed by atoms with van der Waals surface area (Å²) in [5, 5.41) is 0.686. The number of hydrogen-bond donors (Lipinski definition) is 1. The van der Waals surface area contributed by atoms with Crippen molar-refractivity contribution < 1.29 is 0 Å². The Morgan fingerprint density at radius 1 is 1.69 bits per heavy atom. The minimum Gasteiger partial charge on any atom is -0.375 e. The van der Waals surface area contributed by atoms with Crippen LogP contribution < -0.4 is 5.73 Å². The Morgan fingerprint density at radius 3 is 3.12 bits per heavy atom. The molecule has 2 N–H and O–H groups in total. The Kier molecular flexibility index (Phi) is 5.89. The number of nitrogen functional groups attached to an aromatic ring is 1. The van der Waals surface area contributed by atoms with E-state index in [1.165, 1.54) is 30.0 Å². The van der Waals surface area contributed by atoms with E-state index in [1.54, 1.807) is 11.3 Å². The first-order valence-corrected chi connectivity index (χ1v) is 7.44. The highest BCUT2D eigenvalue weighted by molar-refractivity contribution is 7.98. The summed E-state index contributed by atoms with van der Waals surface area (Å²) in [6, 6.07) is 0.753. The number of nitrogens with two attached hydrogens (primary N) is 1. The molecule has 6 heteroatoms. The SMILES string of the molecule is CSCC1CCCN1Cc1cnc(N)s1.Cl. The van der Waals surface area contributed by atoms with Crippen LogP contribution in [0.15, 0.2) is 6.20 Å². The van der Waals surface area contributed by atoms with E-state index in [-0.39, 0.29) is 12.4 Å². The molecule has 0 bridgehead atoms. The number of rotatable bonds is 4. The second-order valence-electron chi connectivity index (χ2n) is 3.89. The van der Waals surface area contributed by atoms with Crippen LogP contribution in [0.5, 0.6) is 0 Å². The third-order valence-corrected chi connectivity index (χ3v) is 4.32. The number of halogens is 1. The lowest BCUT2D eigenvalue weighted by Crippen LogP contribution is -2.30. The minimum atomic E-state index is 0. The highest BCUT2D eigenvalue weighted by Crippen LogP contribution is 2.24. The van der Waals surface area contributed by atoms with Crippen LogP contribution in [-0.2, 0) is 6.54 Å². The largest absolute Gasteiger partial charge is 0.375 e. The van der Waals surface area contributed by atoms with Gasteiger partial charge in [-0.05, 0) is 25.6 Å². The van der Waals surface area contributed by atoms with Crippen molar-refractivity contribution in [1.29, 1.82) is 0 Å². The molecule has 1 aliphatic heterocycles. The van der Waals surface area contributed by atoms with Gasteiger partial charge in [0.1, 0.15) is 0 Å². The summed E-state index contributed by atoms with van der Waals surface area (Å²) >= 11 is 3.55. The lowest BCUT2D eigenvalue weighted by Gasteiger charge is -2.22. The smallest absolute Gasteiger partial charge is 0.180 e. The predicted octanol–water partition coefficient (Wildman–Crippen LogP) is 2.47. The molecule has 0 aromatic carbocycles. The van der Waals surface area contributed by atoms with Crippen LogP contribution >= 0.6 is 35.5 Å². The van der Waals surface area contributed by atoms with Crippen LogP contribution in [0.4, 0.5) is 5.13 Å². The molecular formula is C10H18ClN3S2. The van der Waals surface area contributed by atoms with Crippen molar-refractivity contribution in [3.05, 3.63) is 11.1 Å². The fraction of sp³-hybridized carbons (Fsp3) is 0.700. The highest BCUT2D eigenvalue weighted by atomic mass is 35.5. The number of thioether (sulfide) groups is 1. The molecule has 1 fully saturated rings. The third-order valence-electron chi connectivity index (χ3n) is 2.79. The van der Waals surface area contributed by atoms with Crippen molar-refractivity contribution in [2.45, 2.75) is 25.4 Å². The van der Waals surface area contributed by atoms with E-state index in [4.69, 9.17) is 5.73 Å². The van der Waals surface area contributed by atoms with Gasteiger partial charge in [-0.1, -0.05) is 0 Å². The lowest BCUT2D eigenvalue weighted by molar-refractivity contribution is 0.266. The minimum absolute atomic E-state index is 0. The van der Waals surface area contributed by atoms with E-state index in [2.05, 4.69) is 16.1 Å². The van der Waals surface area contributed by atoms with Crippen molar-refractivity contribution in [3.63, 3.8) is 0 Å². The second kappa shape index (κ2) is 6.69. The zero-order chi connectivity index (χ0) is 10.7. The number of likely N-dealkylation sites (tertiary alicyclic amines) is 1. The molecule has 1 aromatic heterocycles. The molecule has 1 unspecified atom stereocenters. The molecule has 0 amide bonds. The van der Waals surface area contributed by atoms with Crippen molar-refractivity contribution in [2.24, 2.45) is 0 Å². The van der Waals surface area contributed by atoms with Gasteiger partial charge in [-0.25, -0.2) is 4.98 Å². The fourth-order valence-corrected chi connectivity index (χ4v) is 3.55. The first kappa shape index (κ1) is 14.1. The number of hydrogen-bond acceptors (Lipinski definition) is 5. The molecule has 2 rings (SSSR count). The Morgan fingerprint density at radius 2 is 2.50 bits per heavy atom. The maximum Gasteiger partial charge on any atom is 0.180 e. The summed E-state index contributed by atoms with van der Waals surface area (Å²) in [7, 11) is 0. The van der Waals surface area contributed by atoms with Gasteiger partial charge in [-0.2, -0.15) is 11.8 Å². The van der Waals surface area contributed by atoms with Gasteiger partial charge < -0.3 is 5.73 Å². The van der Waals surface area contributed by atoms with Crippen molar-refractivity contribution in [2.75, 3.05) is 24.3 Å². The monoisotopic (exact) mass is 279 g/mol. The first-order valence-electron chi connectivity index (χ1n) is 5.23. The summed E-state index contributed by atoms with van der Waals surface area (Å²) in [6.45, 7) is 2.25. The van der Waals surface area contributed by atoms with Gasteiger partial charge in [-0.15, -0.1) is 23.7 Å². The second-order valence-corrected chi connectivity index (χ2v) is 5.94. The van der Waals surface area contributed by atoms with E-state index < -0.39 is 0 Å². The molecule has 0 radical (unpaired) electrons. The number of thiazole rings is 1. The number of anilines is 1. The molecule has 1 aromatic rings. The van der Waals surface area contributed by atoms with Crippen LogP contribution in [0.1, 0.15) is 17.7 Å². The summed E-state index contributed by atoms with van der Waals surface area (Å²) in [5.74, 6) is 1.24. The summed E-state index contributed by atoms with van der Waals surface area (Å²) < 4.78 is 0. The molecule has 0 aliphatic carbocycles. The van der Waals surface area contributed by atoms with Crippen LogP contribution in [0, 0.1) is 0 Å². The highest BCUT2D eigenvalue weighted by Gasteiger charge is 2.24. The van der Waals surface area contributed by atoms with Crippen LogP contribution in [0.25, 0.3) is 0 Å². The normalized spacial score (nSPS) is 20.9. The maximum atomic E-state index is 5.63. The van der Waals surface area contributed by atoms with E-state index in [0.717, 1.165) is 12.6 Å². The van der Waals surface area contributed by atoms with Crippen LogP contribution in [-0.4, -0.2) is 34.5 Å². The summed E-state index contributed by atoms with van der Waals surface area (Å²) in [5.41, 5.74) is 5.63. The first-order chi connectivity index (χ1) is 7.29. The van der Waals surface area contributed by atoms with Crippen molar-refractivity contribution >= 4 is 40.6 Å². The van der Waals surface area contributed by atoms with Gasteiger partial charge in [0.15, 0.2) is 5.13 Å². The Labute approximate surface area is 111 Å². The average Bonchev–Trinajstić information content (AvgIpc) is 2.78. The summed E-state index contributed by atoms with van der Waals surface area (Å²) in [6.07, 6.45) is 6.77. The molecule has 1 atom stereocenters. The number of aromatic nitrogens is 1. The van der Waals surface area contributed by atoms with Gasteiger partial charge >= 0.3 is 0 Å². The fourth-order valence-electron chi connectivity index (χ4n) is 2.08. The molecule has 92 valence electrons. The topological polar surface area (TPSA) is 42.2 Å². The summed E-state index contributed by atoms with van der Waals surface area (Å²) in [4.78, 5) is 7.95. The maximum absolute atomic E-state index is 5.63. The predicted molar refractivity (Wildman–Crippen MR) is 75.6 cm³/mol. The molecule has 16 heavy (non-hydrogen) atoms. The Hall–Kier alpha value is 0.0300. The van der Waals surface area contributed by atoms with E-state index >= 15 is 0 Å². The molecule has 2 heterocycles. The van der Waals surface area contributed by atoms with Crippen LogP contribution in [0.3, 0.4) is 0 Å². The van der Waals surface area contributed by atoms with Crippen molar-refractivity contribution in [1.82, 2.24) is 9.88 Å². The van der Waals surface area contributed by atoms with Gasteiger partial charge in [0.2, 0.25) is 0 Å². The van der Waals surface area contributed by atoms with Gasteiger partial charge in [0.25, 0.3) is 0 Å². The number of nitrogens with zero attached hydrogens (tertiary/aromatic N) is 2. The molecule has 0 spiro atoms. The standard InChI is InChI=1S/C10H17N3S2.ClH/c1-14-7-8-3-2-4-13(8)6-9-5-12-10(11)15-9;/h5,8H,2-4,6-7H2,1H3,(H2,11,12);1H.